The van der Waals surface area contributed by atoms with Gasteiger partial charge in [-0.05, 0) is 24.1 Å². The number of hydrogen-bond acceptors (Lipinski definition) is 2. The maximum atomic E-state index is 10.2. The van der Waals surface area contributed by atoms with Crippen LogP contribution in [-0.2, 0) is 11.2 Å². The molecule has 0 amide bonds. The van der Waals surface area contributed by atoms with Crippen LogP contribution in [0.15, 0.2) is 36.5 Å². The summed E-state index contributed by atoms with van der Waals surface area (Å²) in [6.07, 6.45) is 4.69. The number of anilines is 1. The lowest BCUT2D eigenvalue weighted by molar-refractivity contribution is -0.131. The highest BCUT2D eigenvalue weighted by Crippen LogP contribution is 2.10. The minimum atomic E-state index is -0.954. The van der Waals surface area contributed by atoms with Crippen LogP contribution in [0, 0.1) is 0 Å². The van der Waals surface area contributed by atoms with Crippen molar-refractivity contribution in [2.24, 2.45) is 0 Å². The van der Waals surface area contributed by atoms with Gasteiger partial charge in [-0.25, -0.2) is 4.79 Å². The number of nitrogens with one attached hydrogen (secondary N) is 1. The third-order valence-electron chi connectivity index (χ3n) is 1.97. The summed E-state index contributed by atoms with van der Waals surface area (Å²) in [7, 11) is 0. The fraction of sp³-hybridized carbons (Fsp3) is 0.250. The Kier molecular flexibility index (Phi) is 4.41. The van der Waals surface area contributed by atoms with Crippen molar-refractivity contribution in [2.45, 2.75) is 19.8 Å². The third-order valence-corrected chi connectivity index (χ3v) is 1.97. The SMILES string of the molecule is CCCc1ccc(N/C=C/C(=O)O)cc1. The molecule has 0 saturated carbocycles. The second-order valence-corrected chi connectivity index (χ2v) is 3.26. The van der Waals surface area contributed by atoms with Gasteiger partial charge in [-0.15, -0.1) is 0 Å². The molecule has 80 valence electrons. The minimum Gasteiger partial charge on any atom is -0.478 e. The average molecular weight is 205 g/mol. The van der Waals surface area contributed by atoms with E-state index in [2.05, 4.69) is 12.2 Å². The van der Waals surface area contributed by atoms with Crippen LogP contribution < -0.4 is 5.32 Å². The van der Waals surface area contributed by atoms with Crippen LogP contribution in [0.1, 0.15) is 18.9 Å². The fourth-order valence-electron chi connectivity index (χ4n) is 1.27. The molecule has 0 saturated heterocycles. The lowest BCUT2D eigenvalue weighted by Gasteiger charge is -2.02. The summed E-state index contributed by atoms with van der Waals surface area (Å²) in [5, 5.41) is 11.3. The summed E-state index contributed by atoms with van der Waals surface area (Å²) in [6, 6.07) is 7.97. The molecule has 3 nitrogen and oxygen atoms in total. The van der Waals surface area contributed by atoms with Crippen LogP contribution in [0.5, 0.6) is 0 Å². The van der Waals surface area contributed by atoms with Crippen LogP contribution in [0.4, 0.5) is 5.69 Å². The van der Waals surface area contributed by atoms with E-state index in [4.69, 9.17) is 5.11 Å². The smallest absolute Gasteiger partial charge is 0.329 e. The highest BCUT2D eigenvalue weighted by Gasteiger charge is 1.92. The van der Waals surface area contributed by atoms with Gasteiger partial charge in [-0.3, -0.25) is 0 Å². The molecule has 0 bridgehead atoms. The Morgan fingerprint density at radius 3 is 2.60 bits per heavy atom. The van der Waals surface area contributed by atoms with E-state index in [9.17, 15) is 4.79 Å². The van der Waals surface area contributed by atoms with Gasteiger partial charge < -0.3 is 10.4 Å². The summed E-state index contributed by atoms with van der Waals surface area (Å²) in [5.41, 5.74) is 2.19. The first-order chi connectivity index (χ1) is 7.22. The molecule has 15 heavy (non-hydrogen) atoms. The number of carboxylic acids is 1. The number of carboxylic acid groups (broad SMARTS) is 1. The molecule has 0 heterocycles. The third kappa shape index (κ3) is 4.31. The van der Waals surface area contributed by atoms with Crippen molar-refractivity contribution < 1.29 is 9.90 Å². The van der Waals surface area contributed by atoms with Gasteiger partial charge in [0.25, 0.3) is 0 Å². The van der Waals surface area contributed by atoms with Gasteiger partial charge >= 0.3 is 5.97 Å². The zero-order chi connectivity index (χ0) is 11.1. The molecule has 3 heteroatoms. The van der Waals surface area contributed by atoms with E-state index in [1.165, 1.54) is 11.8 Å². The summed E-state index contributed by atoms with van der Waals surface area (Å²) >= 11 is 0. The molecule has 0 fully saturated rings. The van der Waals surface area contributed by atoms with Gasteiger partial charge in [0.1, 0.15) is 0 Å². The lowest BCUT2D eigenvalue weighted by Crippen LogP contribution is -1.92. The largest absolute Gasteiger partial charge is 0.478 e. The van der Waals surface area contributed by atoms with Crippen molar-refractivity contribution >= 4 is 11.7 Å². The Morgan fingerprint density at radius 1 is 1.40 bits per heavy atom. The van der Waals surface area contributed by atoms with Crippen molar-refractivity contribution in [3.8, 4) is 0 Å². The van der Waals surface area contributed by atoms with E-state index >= 15 is 0 Å². The molecule has 1 rings (SSSR count). The number of rotatable bonds is 5. The minimum absolute atomic E-state index is 0.896. The monoisotopic (exact) mass is 205 g/mol. The van der Waals surface area contributed by atoms with Crippen LogP contribution in [0.2, 0.25) is 0 Å². The molecule has 2 N–H and O–H groups in total. The average Bonchev–Trinajstić information content (AvgIpc) is 2.20. The topological polar surface area (TPSA) is 49.3 Å². The Morgan fingerprint density at radius 2 is 2.07 bits per heavy atom. The maximum absolute atomic E-state index is 10.2. The molecule has 0 unspecified atom stereocenters. The quantitative estimate of drug-likeness (QED) is 0.726. The van der Waals surface area contributed by atoms with Crippen molar-refractivity contribution in [3.63, 3.8) is 0 Å². The molecule has 0 aliphatic rings. The second kappa shape index (κ2) is 5.86. The van der Waals surface area contributed by atoms with Crippen LogP contribution in [0.25, 0.3) is 0 Å². The van der Waals surface area contributed by atoms with E-state index in [-0.39, 0.29) is 0 Å². The zero-order valence-corrected chi connectivity index (χ0v) is 8.73. The lowest BCUT2D eigenvalue weighted by atomic mass is 10.1. The van der Waals surface area contributed by atoms with E-state index in [1.54, 1.807) is 0 Å². The van der Waals surface area contributed by atoms with Crippen LogP contribution >= 0.6 is 0 Å². The molecular formula is C12H15NO2. The Bertz CT molecular complexity index is 341. The maximum Gasteiger partial charge on any atom is 0.329 e. The molecule has 0 aromatic heterocycles. The van der Waals surface area contributed by atoms with E-state index in [0.717, 1.165) is 24.6 Å². The van der Waals surface area contributed by atoms with Crippen LogP contribution in [0.3, 0.4) is 0 Å². The Balaban J connectivity index is 2.53. The molecule has 0 spiro atoms. The first kappa shape index (κ1) is 11.3. The van der Waals surface area contributed by atoms with Crippen molar-refractivity contribution in [2.75, 3.05) is 5.32 Å². The second-order valence-electron chi connectivity index (χ2n) is 3.26. The predicted molar refractivity (Wildman–Crippen MR) is 60.8 cm³/mol. The number of hydrogen-bond donors (Lipinski definition) is 2. The number of aliphatic carboxylic acids is 1. The van der Waals surface area contributed by atoms with Crippen molar-refractivity contribution in [1.29, 1.82) is 0 Å². The van der Waals surface area contributed by atoms with Gasteiger partial charge in [0.05, 0.1) is 0 Å². The zero-order valence-electron chi connectivity index (χ0n) is 8.73. The summed E-state index contributed by atoms with van der Waals surface area (Å²) in [5.74, 6) is -0.954. The molecule has 0 radical (unpaired) electrons. The predicted octanol–water partition coefficient (Wildman–Crippen LogP) is 2.65. The standard InChI is InChI=1S/C12H15NO2/c1-2-3-10-4-6-11(7-5-10)13-9-8-12(14)15/h4-9,13H,2-3H2,1H3,(H,14,15)/b9-8+. The molecule has 1 aromatic carbocycles. The molecule has 0 aliphatic carbocycles. The number of benzene rings is 1. The molecule has 0 atom stereocenters. The van der Waals surface area contributed by atoms with Crippen LogP contribution in [-0.4, -0.2) is 11.1 Å². The van der Waals surface area contributed by atoms with Gasteiger partial charge in [-0.1, -0.05) is 25.5 Å². The molecule has 0 aliphatic heterocycles. The normalized spacial score (nSPS) is 10.5. The Hall–Kier alpha value is -1.77. The van der Waals surface area contributed by atoms with E-state index in [0.29, 0.717) is 0 Å². The van der Waals surface area contributed by atoms with Gasteiger partial charge in [0.15, 0.2) is 0 Å². The van der Waals surface area contributed by atoms with Gasteiger partial charge in [-0.2, -0.15) is 0 Å². The highest BCUT2D eigenvalue weighted by atomic mass is 16.4. The highest BCUT2D eigenvalue weighted by molar-refractivity contribution is 5.80. The first-order valence-corrected chi connectivity index (χ1v) is 4.97. The molecular weight excluding hydrogens is 190 g/mol. The van der Waals surface area contributed by atoms with Gasteiger partial charge in [0, 0.05) is 18.0 Å². The van der Waals surface area contributed by atoms with E-state index < -0.39 is 5.97 Å². The number of carbonyl (C=O) groups is 1. The fourth-order valence-corrected chi connectivity index (χ4v) is 1.27. The molecule has 1 aromatic rings. The number of aryl methyl sites for hydroxylation is 1. The van der Waals surface area contributed by atoms with Crippen molar-refractivity contribution in [1.82, 2.24) is 0 Å². The van der Waals surface area contributed by atoms with Gasteiger partial charge in [0.2, 0.25) is 0 Å². The summed E-state index contributed by atoms with van der Waals surface area (Å²) in [4.78, 5) is 10.2. The first-order valence-electron chi connectivity index (χ1n) is 4.97. The summed E-state index contributed by atoms with van der Waals surface area (Å²) in [6.45, 7) is 2.14. The Labute approximate surface area is 89.4 Å². The summed E-state index contributed by atoms with van der Waals surface area (Å²) < 4.78 is 0. The van der Waals surface area contributed by atoms with Crippen molar-refractivity contribution in [3.05, 3.63) is 42.1 Å². The van der Waals surface area contributed by atoms with E-state index in [1.807, 2.05) is 24.3 Å².